The van der Waals surface area contributed by atoms with E-state index in [2.05, 4.69) is 0 Å². The first kappa shape index (κ1) is 23.9. The second kappa shape index (κ2) is 9.13. The fourth-order valence-electron chi connectivity index (χ4n) is 5.18. The summed E-state index contributed by atoms with van der Waals surface area (Å²) in [7, 11) is 0. The van der Waals surface area contributed by atoms with Crippen LogP contribution in [0.1, 0.15) is 43.5 Å². The van der Waals surface area contributed by atoms with Gasteiger partial charge >= 0.3 is 0 Å². The molecule has 1 fully saturated rings. The van der Waals surface area contributed by atoms with Crippen LogP contribution in [0.3, 0.4) is 0 Å². The van der Waals surface area contributed by atoms with Crippen molar-refractivity contribution in [2.75, 3.05) is 11.7 Å². The number of aliphatic hydroxyl groups excluding tert-OH is 1. The van der Waals surface area contributed by atoms with Crippen LogP contribution in [0.2, 0.25) is 0 Å². The van der Waals surface area contributed by atoms with E-state index in [9.17, 15) is 14.7 Å². The fraction of sp³-hybridized carbons (Fsp3) is 0.267. The normalized spacial score (nSPS) is 21.1. The Morgan fingerprint density at radius 1 is 0.974 bits per heavy atom. The topological polar surface area (TPSA) is 94.5 Å². The molecule has 0 bridgehead atoms. The number of Topliss-reactive ketones (excluding diaryl/α,β-unsaturated/α-hetero) is 1. The third kappa shape index (κ3) is 4.02. The summed E-state index contributed by atoms with van der Waals surface area (Å²) < 4.78 is 22.5. The van der Waals surface area contributed by atoms with Crippen molar-refractivity contribution in [2.45, 2.75) is 45.4 Å². The van der Waals surface area contributed by atoms with Crippen LogP contribution in [0.25, 0.3) is 5.76 Å². The Morgan fingerprint density at radius 2 is 1.71 bits per heavy atom. The molecule has 194 valence electrons. The Morgan fingerprint density at radius 3 is 2.47 bits per heavy atom. The van der Waals surface area contributed by atoms with E-state index in [0.29, 0.717) is 40.5 Å². The highest BCUT2D eigenvalue weighted by Crippen LogP contribution is 2.45. The summed E-state index contributed by atoms with van der Waals surface area (Å²) in [5.41, 5.74) is 2.52. The highest BCUT2D eigenvalue weighted by Gasteiger charge is 2.47. The van der Waals surface area contributed by atoms with Crippen molar-refractivity contribution >= 4 is 23.1 Å². The monoisotopic (exact) mass is 513 g/mol. The van der Waals surface area contributed by atoms with Gasteiger partial charge in [0, 0.05) is 23.7 Å². The highest BCUT2D eigenvalue weighted by molar-refractivity contribution is 6.51. The maximum Gasteiger partial charge on any atom is 0.300 e. The lowest BCUT2D eigenvalue weighted by molar-refractivity contribution is -0.132. The highest BCUT2D eigenvalue weighted by atomic mass is 16.7. The second-order valence-electron chi connectivity index (χ2n) is 9.90. The molecule has 2 unspecified atom stereocenters. The van der Waals surface area contributed by atoms with Crippen molar-refractivity contribution in [2.24, 2.45) is 0 Å². The Kier molecular flexibility index (Phi) is 5.75. The van der Waals surface area contributed by atoms with Crippen molar-refractivity contribution in [3.05, 3.63) is 82.9 Å². The number of carbonyl (C=O) groups is 2. The van der Waals surface area contributed by atoms with Crippen molar-refractivity contribution in [3.8, 4) is 23.0 Å². The molecule has 1 amide bonds. The number of rotatable bonds is 5. The van der Waals surface area contributed by atoms with Crippen molar-refractivity contribution in [1.29, 1.82) is 0 Å². The fourth-order valence-corrected chi connectivity index (χ4v) is 5.18. The number of amides is 1. The van der Waals surface area contributed by atoms with E-state index in [4.69, 9.17) is 18.9 Å². The zero-order valence-electron chi connectivity index (χ0n) is 21.3. The second-order valence-corrected chi connectivity index (χ2v) is 9.90. The van der Waals surface area contributed by atoms with E-state index in [1.807, 2.05) is 26.8 Å². The van der Waals surface area contributed by atoms with E-state index in [0.717, 1.165) is 11.3 Å². The first-order valence-corrected chi connectivity index (χ1v) is 12.6. The average Bonchev–Trinajstić information content (AvgIpc) is 3.58. The van der Waals surface area contributed by atoms with Gasteiger partial charge in [0.15, 0.2) is 11.5 Å². The van der Waals surface area contributed by atoms with Gasteiger partial charge in [-0.25, -0.2) is 0 Å². The minimum absolute atomic E-state index is 0.00775. The molecule has 3 aromatic rings. The summed E-state index contributed by atoms with van der Waals surface area (Å²) in [4.78, 5) is 28.4. The van der Waals surface area contributed by atoms with E-state index < -0.39 is 17.7 Å². The summed E-state index contributed by atoms with van der Waals surface area (Å²) in [5, 5.41) is 11.5. The number of anilines is 1. The van der Waals surface area contributed by atoms with Gasteiger partial charge in [-0.1, -0.05) is 12.1 Å². The standard InChI is InChI=1S/C30H27NO7/c1-16(2)37-22-8-4-18(5-9-22)27-26(28(32)19-6-10-23-20(13-19)12-17(3)38-23)29(33)30(34)31(27)21-7-11-24-25(14-21)36-15-35-24/h4-11,13-14,16-17,27,32H,12,15H2,1-3H3/b28-26+. The predicted octanol–water partition coefficient (Wildman–Crippen LogP) is 5.15. The third-order valence-electron chi connectivity index (χ3n) is 6.82. The summed E-state index contributed by atoms with van der Waals surface area (Å²) >= 11 is 0. The van der Waals surface area contributed by atoms with Crippen molar-refractivity contribution in [1.82, 2.24) is 0 Å². The number of aliphatic hydroxyl groups is 1. The van der Waals surface area contributed by atoms with Gasteiger partial charge in [-0.15, -0.1) is 0 Å². The number of hydrogen-bond acceptors (Lipinski definition) is 7. The molecule has 1 N–H and O–H groups in total. The van der Waals surface area contributed by atoms with Crippen LogP contribution in [0.4, 0.5) is 5.69 Å². The van der Waals surface area contributed by atoms with Crippen molar-refractivity contribution < 1.29 is 33.6 Å². The van der Waals surface area contributed by atoms with Gasteiger partial charge in [-0.2, -0.15) is 0 Å². The minimum atomic E-state index is -0.869. The summed E-state index contributed by atoms with van der Waals surface area (Å²) in [6.45, 7) is 5.93. The lowest BCUT2D eigenvalue weighted by Gasteiger charge is -2.26. The first-order chi connectivity index (χ1) is 18.3. The Balaban J connectivity index is 1.48. The van der Waals surface area contributed by atoms with E-state index in [-0.39, 0.29) is 30.3 Å². The van der Waals surface area contributed by atoms with Crippen LogP contribution in [-0.4, -0.2) is 35.8 Å². The van der Waals surface area contributed by atoms with Crippen molar-refractivity contribution in [3.63, 3.8) is 0 Å². The molecule has 38 heavy (non-hydrogen) atoms. The van der Waals surface area contributed by atoms with Gasteiger partial charge in [0.05, 0.1) is 17.7 Å². The van der Waals surface area contributed by atoms with Crippen LogP contribution in [0.5, 0.6) is 23.0 Å². The first-order valence-electron chi connectivity index (χ1n) is 12.6. The summed E-state index contributed by atoms with van der Waals surface area (Å²) in [5.74, 6) is 0.724. The van der Waals surface area contributed by atoms with Gasteiger partial charge in [0.1, 0.15) is 23.4 Å². The molecular weight excluding hydrogens is 486 g/mol. The van der Waals surface area contributed by atoms with Gasteiger partial charge in [-0.3, -0.25) is 14.5 Å². The Hall–Kier alpha value is -4.46. The van der Waals surface area contributed by atoms with Gasteiger partial charge < -0.3 is 24.1 Å². The number of hydrogen-bond donors (Lipinski definition) is 1. The number of carbonyl (C=O) groups excluding carboxylic acids is 2. The minimum Gasteiger partial charge on any atom is -0.507 e. The van der Waals surface area contributed by atoms with E-state index in [1.54, 1.807) is 54.6 Å². The number of ether oxygens (including phenoxy) is 4. The Bertz CT molecular complexity index is 1470. The zero-order valence-corrected chi connectivity index (χ0v) is 21.3. The lowest BCUT2D eigenvalue weighted by Crippen LogP contribution is -2.29. The molecule has 0 spiro atoms. The molecule has 3 aliphatic heterocycles. The summed E-state index contributed by atoms with van der Waals surface area (Å²) in [6.07, 6.45) is 0.722. The smallest absolute Gasteiger partial charge is 0.300 e. The number of ketones is 1. The molecule has 0 saturated carbocycles. The maximum absolute atomic E-state index is 13.5. The van der Waals surface area contributed by atoms with E-state index >= 15 is 0 Å². The summed E-state index contributed by atoms with van der Waals surface area (Å²) in [6, 6.07) is 16.7. The molecule has 3 heterocycles. The van der Waals surface area contributed by atoms with Crippen LogP contribution in [0, 0.1) is 0 Å². The third-order valence-corrected chi connectivity index (χ3v) is 6.82. The van der Waals surface area contributed by atoms with Crippen LogP contribution in [0.15, 0.2) is 66.2 Å². The molecule has 3 aliphatic rings. The van der Waals surface area contributed by atoms with Gasteiger partial charge in [0.2, 0.25) is 6.79 Å². The van der Waals surface area contributed by atoms with Gasteiger partial charge in [0.25, 0.3) is 11.7 Å². The van der Waals surface area contributed by atoms with Crippen LogP contribution < -0.4 is 23.8 Å². The molecule has 8 nitrogen and oxygen atoms in total. The molecule has 0 aliphatic carbocycles. The predicted molar refractivity (Wildman–Crippen MR) is 140 cm³/mol. The molecule has 1 saturated heterocycles. The number of fused-ring (bicyclic) bond motifs is 2. The van der Waals surface area contributed by atoms with E-state index in [1.165, 1.54) is 4.90 Å². The molecule has 6 rings (SSSR count). The molecule has 3 aromatic carbocycles. The zero-order chi connectivity index (χ0) is 26.6. The molecular formula is C30H27NO7. The molecule has 0 aromatic heterocycles. The number of benzene rings is 3. The largest absolute Gasteiger partial charge is 0.507 e. The SMILES string of the molecule is CC(C)Oc1ccc(C2/C(=C(\O)c3ccc4c(c3)CC(C)O4)C(=O)C(=O)N2c2ccc3c(c2)OCO3)cc1. The Labute approximate surface area is 220 Å². The van der Waals surface area contributed by atoms with Gasteiger partial charge in [-0.05, 0) is 74.4 Å². The maximum atomic E-state index is 13.5. The average molecular weight is 514 g/mol. The molecule has 2 atom stereocenters. The quantitative estimate of drug-likeness (QED) is 0.286. The van der Waals surface area contributed by atoms with Crippen LogP contribution >= 0.6 is 0 Å². The lowest BCUT2D eigenvalue weighted by atomic mass is 9.94. The number of nitrogens with zero attached hydrogens (tertiary/aromatic N) is 1. The van der Waals surface area contributed by atoms with Crippen LogP contribution in [-0.2, 0) is 16.0 Å². The molecule has 0 radical (unpaired) electrons. The molecule has 8 heteroatoms.